The smallest absolute Gasteiger partial charge is 0.343 e. The van der Waals surface area contributed by atoms with Gasteiger partial charge in [-0.05, 0) is 72.7 Å². The summed E-state index contributed by atoms with van der Waals surface area (Å²) in [5, 5.41) is 0. The zero-order chi connectivity index (χ0) is 28.2. The summed E-state index contributed by atoms with van der Waals surface area (Å²) in [4.78, 5) is 37.4. The summed E-state index contributed by atoms with van der Waals surface area (Å²) >= 11 is 0. The number of carbonyl (C=O) groups excluding carboxylic acids is 3. The van der Waals surface area contributed by atoms with Gasteiger partial charge in [0.05, 0.1) is 18.2 Å². The number of nitrogens with two attached hydrogens (primary N) is 2. The molecule has 3 aromatic rings. The van der Waals surface area contributed by atoms with E-state index in [-0.39, 0.29) is 5.56 Å². The maximum absolute atomic E-state index is 12.6. The second-order valence-electron chi connectivity index (χ2n) is 8.68. The van der Waals surface area contributed by atoms with E-state index in [0.717, 1.165) is 12.8 Å². The van der Waals surface area contributed by atoms with Crippen LogP contribution in [0.3, 0.4) is 0 Å². The number of methoxy groups -OCH3 is 1. The van der Waals surface area contributed by atoms with Crippen molar-refractivity contribution in [2.24, 2.45) is 0 Å². The fourth-order valence-corrected chi connectivity index (χ4v) is 3.56. The lowest BCUT2D eigenvalue weighted by molar-refractivity contribution is -0.163. The molecule has 0 bridgehead atoms. The minimum absolute atomic E-state index is 0.173. The van der Waals surface area contributed by atoms with Crippen molar-refractivity contribution >= 4 is 35.4 Å². The molecule has 4 N–H and O–H groups in total. The van der Waals surface area contributed by atoms with E-state index >= 15 is 0 Å². The lowest BCUT2D eigenvalue weighted by Gasteiger charge is -2.18. The van der Waals surface area contributed by atoms with Crippen LogP contribution in [0.2, 0.25) is 0 Å². The number of ether oxygens (including phenoxy) is 4. The molecule has 0 heterocycles. The van der Waals surface area contributed by atoms with Crippen LogP contribution in [0.4, 0.5) is 11.4 Å². The fourth-order valence-electron chi connectivity index (χ4n) is 3.56. The van der Waals surface area contributed by atoms with Crippen LogP contribution < -0.4 is 20.9 Å². The Labute approximate surface area is 227 Å². The average molecular weight is 533 g/mol. The van der Waals surface area contributed by atoms with Crippen LogP contribution in [-0.2, 0) is 14.3 Å². The standard InChI is InChI=1S/C30H32N2O7/c1-3-4-5-6-28(39-30(35)22-17-23(31)19-24(32)18-22)38-27(33)16-9-20-7-12-26(13-8-20)37-29(34)21-10-14-25(36-2)15-11-21/h7-19,28H,3-6,31-32H2,1-2H3. The molecule has 0 fully saturated rings. The first-order valence-corrected chi connectivity index (χ1v) is 12.5. The molecule has 0 saturated heterocycles. The molecule has 3 aromatic carbocycles. The Balaban J connectivity index is 1.58. The summed E-state index contributed by atoms with van der Waals surface area (Å²) in [5.41, 5.74) is 13.4. The third-order valence-corrected chi connectivity index (χ3v) is 5.57. The summed E-state index contributed by atoms with van der Waals surface area (Å²) in [6, 6.07) is 17.6. The summed E-state index contributed by atoms with van der Waals surface area (Å²) < 4.78 is 21.3. The van der Waals surface area contributed by atoms with Crippen molar-refractivity contribution < 1.29 is 33.3 Å². The Bertz CT molecular complexity index is 1280. The highest BCUT2D eigenvalue weighted by Gasteiger charge is 2.20. The number of benzene rings is 3. The maximum Gasteiger partial charge on any atom is 0.343 e. The number of anilines is 2. The van der Waals surface area contributed by atoms with Crippen molar-refractivity contribution in [2.45, 2.75) is 38.9 Å². The molecule has 39 heavy (non-hydrogen) atoms. The van der Waals surface area contributed by atoms with E-state index < -0.39 is 24.2 Å². The molecular formula is C30H32N2O7. The van der Waals surface area contributed by atoms with E-state index in [9.17, 15) is 14.4 Å². The van der Waals surface area contributed by atoms with Crippen LogP contribution in [0.25, 0.3) is 6.08 Å². The van der Waals surface area contributed by atoms with E-state index in [1.807, 2.05) is 6.92 Å². The van der Waals surface area contributed by atoms with Gasteiger partial charge in [-0.25, -0.2) is 14.4 Å². The number of esters is 3. The second-order valence-corrected chi connectivity index (χ2v) is 8.68. The second kappa shape index (κ2) is 14.2. The lowest BCUT2D eigenvalue weighted by Crippen LogP contribution is -2.24. The highest BCUT2D eigenvalue weighted by atomic mass is 16.7. The molecule has 0 aliphatic carbocycles. The minimum atomic E-state index is -1.07. The first-order chi connectivity index (χ1) is 18.8. The van der Waals surface area contributed by atoms with Gasteiger partial charge in [0.1, 0.15) is 11.5 Å². The van der Waals surface area contributed by atoms with Gasteiger partial charge in [-0.3, -0.25) is 0 Å². The van der Waals surface area contributed by atoms with E-state index in [2.05, 4.69) is 0 Å². The van der Waals surface area contributed by atoms with Gasteiger partial charge in [0.25, 0.3) is 0 Å². The molecule has 3 rings (SSSR count). The van der Waals surface area contributed by atoms with Crippen molar-refractivity contribution in [3.8, 4) is 11.5 Å². The minimum Gasteiger partial charge on any atom is -0.497 e. The van der Waals surface area contributed by atoms with Crippen molar-refractivity contribution in [1.29, 1.82) is 0 Å². The molecule has 9 nitrogen and oxygen atoms in total. The predicted molar refractivity (Wildman–Crippen MR) is 148 cm³/mol. The van der Waals surface area contributed by atoms with Gasteiger partial charge in [-0.1, -0.05) is 31.9 Å². The Morgan fingerprint density at radius 3 is 2.05 bits per heavy atom. The number of unbranched alkanes of at least 4 members (excludes halogenated alkanes) is 2. The average Bonchev–Trinajstić information content (AvgIpc) is 2.92. The van der Waals surface area contributed by atoms with E-state index in [1.165, 1.54) is 24.3 Å². The first kappa shape index (κ1) is 28.8. The molecule has 204 valence electrons. The quantitative estimate of drug-likeness (QED) is 0.0783. The van der Waals surface area contributed by atoms with Crippen molar-refractivity contribution in [3.63, 3.8) is 0 Å². The zero-order valence-corrected chi connectivity index (χ0v) is 21.9. The number of rotatable bonds is 12. The van der Waals surface area contributed by atoms with E-state index in [1.54, 1.807) is 61.7 Å². The fraction of sp³-hybridized carbons (Fsp3) is 0.233. The number of hydrogen-bond donors (Lipinski definition) is 2. The Hall–Kier alpha value is -4.79. The maximum atomic E-state index is 12.6. The Kier molecular flexibility index (Phi) is 10.5. The summed E-state index contributed by atoms with van der Waals surface area (Å²) in [5.74, 6) is -0.883. The Morgan fingerprint density at radius 1 is 0.795 bits per heavy atom. The van der Waals surface area contributed by atoms with Crippen molar-refractivity contribution in [3.05, 3.63) is 89.5 Å². The monoisotopic (exact) mass is 532 g/mol. The summed E-state index contributed by atoms with van der Waals surface area (Å²) in [6.07, 6.45) is 4.61. The first-order valence-electron chi connectivity index (χ1n) is 12.5. The molecule has 0 amide bonds. The predicted octanol–water partition coefficient (Wildman–Crippen LogP) is 5.40. The molecule has 9 heteroatoms. The van der Waals surface area contributed by atoms with Gasteiger partial charge in [0.15, 0.2) is 0 Å². The highest BCUT2D eigenvalue weighted by Crippen LogP contribution is 2.19. The van der Waals surface area contributed by atoms with Crippen LogP contribution in [0.1, 0.15) is 58.9 Å². The molecule has 0 spiro atoms. The lowest BCUT2D eigenvalue weighted by atomic mass is 10.1. The summed E-state index contributed by atoms with van der Waals surface area (Å²) in [7, 11) is 1.55. The molecular weight excluding hydrogens is 500 g/mol. The third kappa shape index (κ3) is 9.23. The van der Waals surface area contributed by atoms with Gasteiger partial charge in [0, 0.05) is 23.9 Å². The molecule has 0 saturated carbocycles. The van der Waals surface area contributed by atoms with Crippen LogP contribution >= 0.6 is 0 Å². The zero-order valence-electron chi connectivity index (χ0n) is 21.9. The van der Waals surface area contributed by atoms with Gasteiger partial charge < -0.3 is 30.4 Å². The van der Waals surface area contributed by atoms with Gasteiger partial charge in [0.2, 0.25) is 6.29 Å². The van der Waals surface area contributed by atoms with Crippen LogP contribution in [0, 0.1) is 0 Å². The molecule has 0 radical (unpaired) electrons. The number of hydrogen-bond acceptors (Lipinski definition) is 9. The van der Waals surface area contributed by atoms with Crippen molar-refractivity contribution in [2.75, 3.05) is 18.6 Å². The molecule has 1 unspecified atom stereocenters. The van der Waals surface area contributed by atoms with Gasteiger partial charge >= 0.3 is 17.9 Å². The van der Waals surface area contributed by atoms with Crippen molar-refractivity contribution in [1.82, 2.24) is 0 Å². The normalized spacial score (nSPS) is 11.5. The largest absolute Gasteiger partial charge is 0.497 e. The SMILES string of the molecule is CCCCCC(OC(=O)C=Cc1ccc(OC(=O)c2ccc(OC)cc2)cc1)OC(=O)c1cc(N)cc(N)c1. The topological polar surface area (TPSA) is 140 Å². The van der Waals surface area contributed by atoms with Gasteiger partial charge in [-0.15, -0.1) is 0 Å². The van der Waals surface area contributed by atoms with E-state index in [4.69, 9.17) is 30.4 Å². The van der Waals surface area contributed by atoms with Gasteiger partial charge in [-0.2, -0.15) is 0 Å². The van der Waals surface area contributed by atoms with Crippen LogP contribution in [0.15, 0.2) is 72.8 Å². The highest BCUT2D eigenvalue weighted by molar-refractivity contribution is 5.92. The molecule has 0 aliphatic rings. The number of nitrogen functional groups attached to an aromatic ring is 2. The third-order valence-electron chi connectivity index (χ3n) is 5.57. The molecule has 0 aliphatic heterocycles. The molecule has 0 aromatic heterocycles. The Morgan fingerprint density at radius 2 is 1.44 bits per heavy atom. The van der Waals surface area contributed by atoms with E-state index in [0.29, 0.717) is 46.8 Å². The summed E-state index contributed by atoms with van der Waals surface area (Å²) in [6.45, 7) is 2.04. The van der Waals surface area contributed by atoms with Crippen LogP contribution in [-0.4, -0.2) is 31.3 Å². The molecule has 1 atom stereocenters. The number of carbonyl (C=O) groups is 3. The van der Waals surface area contributed by atoms with Crippen LogP contribution in [0.5, 0.6) is 11.5 Å².